The van der Waals surface area contributed by atoms with Crippen molar-refractivity contribution < 1.29 is 18.7 Å². The van der Waals surface area contributed by atoms with Gasteiger partial charge in [0.1, 0.15) is 9.88 Å². The van der Waals surface area contributed by atoms with E-state index in [2.05, 4.69) is 4.98 Å². The Balaban J connectivity index is 2.50. The third kappa shape index (κ3) is 2.16. The first kappa shape index (κ1) is 11.7. The highest BCUT2D eigenvalue weighted by Crippen LogP contribution is 2.28. The molecule has 0 fully saturated rings. The monoisotopic (exact) mass is 255 g/mol. The second kappa shape index (κ2) is 4.21. The zero-order chi connectivity index (χ0) is 12.6. The van der Waals surface area contributed by atoms with Gasteiger partial charge in [-0.25, -0.2) is 18.6 Å². The summed E-state index contributed by atoms with van der Waals surface area (Å²) in [6.45, 7) is 1.56. The minimum absolute atomic E-state index is 0.102. The van der Waals surface area contributed by atoms with Crippen LogP contribution < -0.4 is 0 Å². The zero-order valence-electron chi connectivity index (χ0n) is 8.70. The molecule has 0 aliphatic carbocycles. The van der Waals surface area contributed by atoms with E-state index in [1.165, 1.54) is 6.07 Å². The highest BCUT2D eigenvalue weighted by Gasteiger charge is 2.15. The Morgan fingerprint density at radius 2 is 2.06 bits per heavy atom. The number of hydrogen-bond donors (Lipinski definition) is 1. The zero-order valence-corrected chi connectivity index (χ0v) is 9.52. The lowest BCUT2D eigenvalue weighted by Crippen LogP contribution is -1.94. The van der Waals surface area contributed by atoms with Crippen LogP contribution in [0.5, 0.6) is 0 Å². The quantitative estimate of drug-likeness (QED) is 0.897. The van der Waals surface area contributed by atoms with Gasteiger partial charge in [0.05, 0.1) is 5.69 Å². The molecule has 1 N–H and O–H groups in total. The smallest absolute Gasteiger partial charge is 0.347 e. The molecule has 0 spiro atoms. The molecule has 1 aromatic carbocycles. The fourth-order valence-electron chi connectivity index (χ4n) is 1.35. The van der Waals surface area contributed by atoms with Crippen LogP contribution in [0.4, 0.5) is 8.78 Å². The van der Waals surface area contributed by atoms with Gasteiger partial charge in [-0.1, -0.05) is 0 Å². The van der Waals surface area contributed by atoms with E-state index in [1.807, 2.05) is 0 Å². The van der Waals surface area contributed by atoms with Crippen LogP contribution >= 0.6 is 11.3 Å². The second-order valence-corrected chi connectivity index (χ2v) is 4.37. The number of carboxylic acid groups (broad SMARTS) is 1. The molecule has 0 saturated heterocycles. The number of aromatic carboxylic acids is 1. The van der Waals surface area contributed by atoms with Crippen molar-refractivity contribution in [2.75, 3.05) is 0 Å². The van der Waals surface area contributed by atoms with E-state index in [9.17, 15) is 13.6 Å². The van der Waals surface area contributed by atoms with Crippen LogP contribution in [0.2, 0.25) is 0 Å². The van der Waals surface area contributed by atoms with Crippen molar-refractivity contribution in [1.82, 2.24) is 4.98 Å². The molecule has 17 heavy (non-hydrogen) atoms. The first-order chi connectivity index (χ1) is 7.99. The number of carbonyl (C=O) groups is 1. The number of nitrogens with zero attached hydrogens (tertiary/aromatic N) is 1. The summed E-state index contributed by atoms with van der Waals surface area (Å²) >= 11 is 0.935. The molecule has 2 rings (SSSR count). The molecule has 3 nitrogen and oxygen atoms in total. The molecule has 1 heterocycles. The van der Waals surface area contributed by atoms with Crippen LogP contribution in [0.25, 0.3) is 10.6 Å². The standard InChI is InChI=1S/C11H7F2NO2S/c1-5-9(11(15)16)17-10(14-5)6-2-3-7(12)8(13)4-6/h2-4H,1H3,(H,15,16). The maximum absolute atomic E-state index is 13.0. The fraction of sp³-hybridized carbons (Fsp3) is 0.0909. The van der Waals surface area contributed by atoms with Crippen LogP contribution in [-0.2, 0) is 0 Å². The van der Waals surface area contributed by atoms with Gasteiger partial charge in [-0.3, -0.25) is 0 Å². The predicted molar refractivity (Wildman–Crippen MR) is 59.2 cm³/mol. The Bertz CT molecular complexity index is 595. The molecule has 0 saturated carbocycles. The highest BCUT2D eigenvalue weighted by atomic mass is 32.1. The van der Waals surface area contributed by atoms with Gasteiger partial charge in [-0.15, -0.1) is 11.3 Å². The van der Waals surface area contributed by atoms with Gasteiger partial charge in [0.2, 0.25) is 0 Å². The van der Waals surface area contributed by atoms with E-state index in [0.29, 0.717) is 16.3 Å². The van der Waals surface area contributed by atoms with Gasteiger partial charge in [0.15, 0.2) is 11.6 Å². The Kier molecular flexibility index (Phi) is 2.89. The van der Waals surface area contributed by atoms with E-state index in [0.717, 1.165) is 23.5 Å². The number of halogens is 2. The van der Waals surface area contributed by atoms with E-state index in [-0.39, 0.29) is 4.88 Å². The van der Waals surface area contributed by atoms with Gasteiger partial charge >= 0.3 is 5.97 Å². The van der Waals surface area contributed by atoms with E-state index < -0.39 is 17.6 Å². The van der Waals surface area contributed by atoms with E-state index >= 15 is 0 Å². The normalized spacial score (nSPS) is 10.5. The van der Waals surface area contributed by atoms with Crippen LogP contribution in [0.1, 0.15) is 15.4 Å². The van der Waals surface area contributed by atoms with Crippen LogP contribution in [-0.4, -0.2) is 16.1 Å². The molecule has 0 radical (unpaired) electrons. The molecule has 0 amide bonds. The lowest BCUT2D eigenvalue weighted by atomic mass is 10.2. The maximum atomic E-state index is 13.0. The Labute approximate surface area is 99.4 Å². The summed E-state index contributed by atoms with van der Waals surface area (Å²) in [6, 6.07) is 3.35. The minimum Gasteiger partial charge on any atom is -0.477 e. The number of aromatic nitrogens is 1. The molecule has 2 aromatic rings. The van der Waals surface area contributed by atoms with Crippen molar-refractivity contribution in [3.63, 3.8) is 0 Å². The molecule has 0 aliphatic heterocycles. The van der Waals surface area contributed by atoms with Crippen molar-refractivity contribution >= 4 is 17.3 Å². The maximum Gasteiger partial charge on any atom is 0.347 e. The number of hydrogen-bond acceptors (Lipinski definition) is 3. The SMILES string of the molecule is Cc1nc(-c2ccc(F)c(F)c2)sc1C(=O)O. The summed E-state index contributed by atoms with van der Waals surface area (Å²) < 4.78 is 25.8. The second-order valence-electron chi connectivity index (χ2n) is 3.37. The number of aryl methyl sites for hydroxylation is 1. The average molecular weight is 255 g/mol. The van der Waals surface area contributed by atoms with E-state index in [4.69, 9.17) is 5.11 Å². The van der Waals surface area contributed by atoms with Gasteiger partial charge in [-0.05, 0) is 25.1 Å². The highest BCUT2D eigenvalue weighted by molar-refractivity contribution is 7.17. The fourth-order valence-corrected chi connectivity index (χ4v) is 2.25. The van der Waals surface area contributed by atoms with Crippen molar-refractivity contribution in [1.29, 1.82) is 0 Å². The predicted octanol–water partition coefficient (Wildman–Crippen LogP) is 3.09. The average Bonchev–Trinajstić information content (AvgIpc) is 2.64. The number of carboxylic acids is 1. The van der Waals surface area contributed by atoms with Crippen molar-refractivity contribution in [2.24, 2.45) is 0 Å². The van der Waals surface area contributed by atoms with Crippen LogP contribution in [0.3, 0.4) is 0 Å². The number of rotatable bonds is 2. The molecule has 0 atom stereocenters. The number of thiazole rings is 1. The molecule has 88 valence electrons. The summed E-state index contributed by atoms with van der Waals surface area (Å²) in [5, 5.41) is 9.22. The topological polar surface area (TPSA) is 50.2 Å². The summed E-state index contributed by atoms with van der Waals surface area (Å²) in [7, 11) is 0. The first-order valence-electron chi connectivity index (χ1n) is 4.65. The Hall–Kier alpha value is -1.82. The summed E-state index contributed by atoms with van der Waals surface area (Å²) in [5.41, 5.74) is 0.728. The van der Waals surface area contributed by atoms with Crippen LogP contribution in [0, 0.1) is 18.6 Å². The number of benzene rings is 1. The molecule has 0 unspecified atom stereocenters. The third-order valence-electron chi connectivity index (χ3n) is 2.16. The Morgan fingerprint density at radius 1 is 1.35 bits per heavy atom. The summed E-state index contributed by atoms with van der Waals surface area (Å²) in [5.74, 6) is -3.00. The van der Waals surface area contributed by atoms with Gasteiger partial charge in [0.25, 0.3) is 0 Å². The van der Waals surface area contributed by atoms with Gasteiger partial charge < -0.3 is 5.11 Å². The lowest BCUT2D eigenvalue weighted by Gasteiger charge is -1.96. The van der Waals surface area contributed by atoms with Gasteiger partial charge in [-0.2, -0.15) is 0 Å². The molecule has 6 heteroatoms. The summed E-state index contributed by atoms with van der Waals surface area (Å²) in [4.78, 5) is 14.9. The third-order valence-corrected chi connectivity index (χ3v) is 3.35. The van der Waals surface area contributed by atoms with Crippen molar-refractivity contribution in [3.8, 4) is 10.6 Å². The molecular formula is C11H7F2NO2S. The summed E-state index contributed by atoms with van der Waals surface area (Å²) in [6.07, 6.45) is 0. The van der Waals surface area contributed by atoms with Gasteiger partial charge in [0, 0.05) is 5.56 Å². The van der Waals surface area contributed by atoms with Crippen LogP contribution in [0.15, 0.2) is 18.2 Å². The minimum atomic E-state index is -1.08. The van der Waals surface area contributed by atoms with E-state index in [1.54, 1.807) is 6.92 Å². The molecular weight excluding hydrogens is 248 g/mol. The molecule has 0 bridgehead atoms. The van der Waals surface area contributed by atoms with Crippen molar-refractivity contribution in [2.45, 2.75) is 6.92 Å². The van der Waals surface area contributed by atoms with Crippen molar-refractivity contribution in [3.05, 3.63) is 40.4 Å². The molecule has 0 aliphatic rings. The lowest BCUT2D eigenvalue weighted by molar-refractivity contribution is 0.0701. The molecule has 1 aromatic heterocycles. The largest absolute Gasteiger partial charge is 0.477 e. The first-order valence-corrected chi connectivity index (χ1v) is 5.47. The Morgan fingerprint density at radius 3 is 2.59 bits per heavy atom.